The Morgan fingerprint density at radius 1 is 1.29 bits per heavy atom. The molecule has 0 amide bonds. The molecule has 6 nitrogen and oxygen atoms in total. The van der Waals surface area contributed by atoms with Crippen molar-refractivity contribution in [1.82, 2.24) is 9.71 Å². The molecule has 132 valence electrons. The van der Waals surface area contributed by atoms with Crippen LogP contribution in [0.15, 0.2) is 28.7 Å². The number of nitrogens with zero attached hydrogens (tertiary/aromatic N) is 2. The second-order valence-electron chi connectivity index (χ2n) is 6.92. The monoisotopic (exact) mass is 351 g/mol. The Kier molecular flexibility index (Phi) is 5.10. The Bertz CT molecular complexity index is 744. The number of anilines is 1. The summed E-state index contributed by atoms with van der Waals surface area (Å²) in [5.41, 5.74) is 1.67. The number of benzene rings is 1. The van der Waals surface area contributed by atoms with Gasteiger partial charge in [0.05, 0.1) is 5.75 Å². The zero-order valence-electron chi connectivity index (χ0n) is 14.2. The number of hydrogen-bond donors (Lipinski definition) is 1. The number of aromatic nitrogens is 1. The highest BCUT2D eigenvalue weighted by atomic mass is 32.2. The van der Waals surface area contributed by atoms with Crippen molar-refractivity contribution in [1.29, 1.82) is 0 Å². The lowest BCUT2D eigenvalue weighted by Gasteiger charge is -2.30. The maximum atomic E-state index is 11.9. The summed E-state index contributed by atoms with van der Waals surface area (Å²) >= 11 is 0. The first-order valence-electron chi connectivity index (χ1n) is 8.51. The Morgan fingerprint density at radius 3 is 2.67 bits per heavy atom. The second-order valence-corrected chi connectivity index (χ2v) is 8.77. The molecular weight excluding hydrogens is 326 g/mol. The molecule has 7 heteroatoms. The minimum Gasteiger partial charge on any atom is -0.423 e. The third kappa shape index (κ3) is 4.27. The summed E-state index contributed by atoms with van der Waals surface area (Å²) in [6.07, 6.45) is 1.87. The van der Waals surface area contributed by atoms with Gasteiger partial charge in [0.1, 0.15) is 5.52 Å². The van der Waals surface area contributed by atoms with Gasteiger partial charge >= 0.3 is 0 Å². The predicted molar refractivity (Wildman–Crippen MR) is 95.6 cm³/mol. The van der Waals surface area contributed by atoms with E-state index in [1.54, 1.807) is 0 Å². The van der Waals surface area contributed by atoms with Crippen molar-refractivity contribution in [3.63, 3.8) is 0 Å². The molecule has 0 saturated carbocycles. The zero-order valence-corrected chi connectivity index (χ0v) is 15.1. The Labute approximate surface area is 143 Å². The normalized spacial score (nSPS) is 17.0. The van der Waals surface area contributed by atoms with Gasteiger partial charge in [0.2, 0.25) is 10.0 Å². The quantitative estimate of drug-likeness (QED) is 0.866. The van der Waals surface area contributed by atoms with E-state index >= 15 is 0 Å². The van der Waals surface area contributed by atoms with E-state index < -0.39 is 10.0 Å². The molecule has 0 atom stereocenters. The van der Waals surface area contributed by atoms with Gasteiger partial charge in [-0.25, -0.2) is 13.1 Å². The van der Waals surface area contributed by atoms with E-state index in [0.29, 0.717) is 18.5 Å². The van der Waals surface area contributed by atoms with Crippen LogP contribution in [0.5, 0.6) is 0 Å². The van der Waals surface area contributed by atoms with Crippen molar-refractivity contribution in [2.24, 2.45) is 11.8 Å². The molecule has 0 spiro atoms. The van der Waals surface area contributed by atoms with Gasteiger partial charge < -0.3 is 9.32 Å². The molecule has 3 rings (SSSR count). The standard InChI is InChI=1S/C17H25N3O3S/c1-13(2)12-24(21,22)18-11-14-7-9-20(10-8-14)17-19-15-5-3-4-6-16(15)23-17/h3-6,13-14,18H,7-12H2,1-2H3. The summed E-state index contributed by atoms with van der Waals surface area (Å²) in [4.78, 5) is 6.67. The van der Waals surface area contributed by atoms with Crippen LogP contribution in [0.2, 0.25) is 0 Å². The van der Waals surface area contributed by atoms with Crippen molar-refractivity contribution in [3.05, 3.63) is 24.3 Å². The minimum atomic E-state index is -3.16. The van der Waals surface area contributed by atoms with Gasteiger partial charge in [0.25, 0.3) is 6.01 Å². The largest absolute Gasteiger partial charge is 0.423 e. The van der Waals surface area contributed by atoms with E-state index in [2.05, 4.69) is 14.6 Å². The van der Waals surface area contributed by atoms with Crippen molar-refractivity contribution >= 4 is 27.1 Å². The average Bonchev–Trinajstić information content (AvgIpc) is 2.96. The predicted octanol–water partition coefficient (Wildman–Crippen LogP) is 2.62. The number of oxazole rings is 1. The van der Waals surface area contributed by atoms with Gasteiger partial charge in [-0.1, -0.05) is 26.0 Å². The summed E-state index contributed by atoms with van der Waals surface area (Å²) in [7, 11) is -3.16. The van der Waals surface area contributed by atoms with Crippen LogP contribution >= 0.6 is 0 Å². The van der Waals surface area contributed by atoms with E-state index in [0.717, 1.165) is 37.0 Å². The topological polar surface area (TPSA) is 75.4 Å². The fourth-order valence-corrected chi connectivity index (χ4v) is 4.55. The van der Waals surface area contributed by atoms with Crippen LogP contribution in [-0.4, -0.2) is 38.8 Å². The molecule has 1 aliphatic heterocycles. The third-order valence-corrected chi connectivity index (χ3v) is 6.02. The summed E-state index contributed by atoms with van der Waals surface area (Å²) in [5.74, 6) is 0.699. The molecule has 2 aromatic rings. The Hall–Kier alpha value is -1.60. The molecule has 1 aliphatic rings. The molecule has 0 unspecified atom stereocenters. The summed E-state index contributed by atoms with van der Waals surface area (Å²) in [5, 5.41) is 0. The van der Waals surface area contributed by atoms with Crippen LogP contribution in [0.4, 0.5) is 6.01 Å². The first kappa shape index (κ1) is 17.2. The van der Waals surface area contributed by atoms with Crippen LogP contribution in [0.25, 0.3) is 11.1 Å². The first-order valence-corrected chi connectivity index (χ1v) is 10.2. The molecule has 1 N–H and O–H groups in total. The maximum absolute atomic E-state index is 11.9. The van der Waals surface area contributed by atoms with Crippen molar-refractivity contribution in [2.75, 3.05) is 30.3 Å². The van der Waals surface area contributed by atoms with Crippen LogP contribution in [-0.2, 0) is 10.0 Å². The van der Waals surface area contributed by atoms with Gasteiger partial charge in [0, 0.05) is 19.6 Å². The smallest absolute Gasteiger partial charge is 0.298 e. The summed E-state index contributed by atoms with van der Waals surface area (Å²) < 4.78 is 32.4. The molecule has 2 heterocycles. The van der Waals surface area contributed by atoms with Crippen LogP contribution in [0.1, 0.15) is 26.7 Å². The van der Waals surface area contributed by atoms with Gasteiger partial charge in [-0.15, -0.1) is 0 Å². The highest BCUT2D eigenvalue weighted by molar-refractivity contribution is 7.89. The van der Waals surface area contributed by atoms with Gasteiger partial charge in [-0.2, -0.15) is 4.98 Å². The van der Waals surface area contributed by atoms with Crippen molar-refractivity contribution in [3.8, 4) is 0 Å². The Morgan fingerprint density at radius 2 is 2.00 bits per heavy atom. The molecule has 24 heavy (non-hydrogen) atoms. The van der Waals surface area contributed by atoms with Gasteiger partial charge in [-0.3, -0.25) is 0 Å². The van der Waals surface area contributed by atoms with Crippen molar-refractivity contribution < 1.29 is 12.8 Å². The Balaban J connectivity index is 1.52. The number of fused-ring (bicyclic) bond motifs is 1. The highest BCUT2D eigenvalue weighted by Gasteiger charge is 2.24. The number of hydrogen-bond acceptors (Lipinski definition) is 5. The fourth-order valence-electron chi connectivity index (χ4n) is 3.07. The number of nitrogens with one attached hydrogen (secondary N) is 1. The number of piperidine rings is 1. The highest BCUT2D eigenvalue weighted by Crippen LogP contribution is 2.26. The molecule has 0 bridgehead atoms. The lowest BCUT2D eigenvalue weighted by atomic mass is 9.97. The third-order valence-electron chi connectivity index (χ3n) is 4.31. The van der Waals surface area contributed by atoms with Gasteiger partial charge in [0.15, 0.2) is 5.58 Å². The lowest BCUT2D eigenvalue weighted by Crippen LogP contribution is -2.39. The van der Waals surface area contributed by atoms with E-state index in [1.165, 1.54) is 0 Å². The van der Waals surface area contributed by atoms with Crippen LogP contribution in [0, 0.1) is 11.8 Å². The first-order chi connectivity index (χ1) is 11.4. The van der Waals surface area contributed by atoms with Crippen molar-refractivity contribution in [2.45, 2.75) is 26.7 Å². The van der Waals surface area contributed by atoms with E-state index in [4.69, 9.17) is 4.42 Å². The minimum absolute atomic E-state index is 0.142. The van der Waals surface area contributed by atoms with E-state index in [9.17, 15) is 8.42 Å². The molecule has 0 aliphatic carbocycles. The maximum Gasteiger partial charge on any atom is 0.298 e. The number of para-hydroxylation sites is 2. The van der Waals surface area contributed by atoms with Crippen LogP contribution in [0.3, 0.4) is 0 Å². The summed E-state index contributed by atoms with van der Waals surface area (Å²) in [6.45, 7) is 6.03. The SMILES string of the molecule is CC(C)CS(=O)(=O)NCC1CCN(c2nc3ccccc3o2)CC1. The second kappa shape index (κ2) is 7.11. The molecular formula is C17H25N3O3S. The summed E-state index contributed by atoms with van der Waals surface area (Å²) in [6, 6.07) is 8.41. The number of sulfonamides is 1. The molecule has 1 aromatic carbocycles. The lowest BCUT2D eigenvalue weighted by molar-refractivity contribution is 0.387. The van der Waals surface area contributed by atoms with E-state index in [1.807, 2.05) is 38.1 Å². The van der Waals surface area contributed by atoms with E-state index in [-0.39, 0.29) is 11.7 Å². The molecule has 1 saturated heterocycles. The zero-order chi connectivity index (χ0) is 17.2. The molecule has 1 aromatic heterocycles. The average molecular weight is 351 g/mol. The fraction of sp³-hybridized carbons (Fsp3) is 0.588. The van der Waals surface area contributed by atoms with Crippen LogP contribution < -0.4 is 9.62 Å². The van der Waals surface area contributed by atoms with Gasteiger partial charge in [-0.05, 0) is 36.8 Å². The molecule has 0 radical (unpaired) electrons. The molecule has 1 fully saturated rings. The number of rotatable bonds is 6.